The molecule has 0 radical (unpaired) electrons. The molecule has 0 aliphatic heterocycles. The monoisotopic (exact) mass is 448 g/mol. The molecule has 3 aromatic carbocycles. The topological polar surface area (TPSA) is 70.7 Å². The van der Waals surface area contributed by atoms with Gasteiger partial charge >= 0.3 is 0 Å². The molecule has 0 aliphatic rings. The van der Waals surface area contributed by atoms with Crippen molar-refractivity contribution >= 4 is 45.0 Å². The van der Waals surface area contributed by atoms with Gasteiger partial charge in [-0.25, -0.2) is 0 Å². The molecule has 0 unspecified atom stereocenters. The van der Waals surface area contributed by atoms with Crippen LogP contribution in [0.4, 0.5) is 5.69 Å². The summed E-state index contributed by atoms with van der Waals surface area (Å²) in [5.74, 6) is 3.28. The molecule has 0 fully saturated rings. The number of H-pyrrole nitrogens is 1. The van der Waals surface area contributed by atoms with Crippen LogP contribution >= 0.6 is 11.8 Å². The standard InChI is InChI=1S/C27H20N4OS/c1-2-5-19-7-4-8-20-10-11-22(13-23(19)20)30-27(32)21-9-3-6-18(12-21)17-33-26-16-28-15-25-24(26)14-29-31-25/h1,3-4,6-16H,5,17H2,(H,29,31)(H,30,32). The predicted octanol–water partition coefficient (Wildman–Crippen LogP) is 5.83. The second kappa shape index (κ2) is 9.19. The summed E-state index contributed by atoms with van der Waals surface area (Å²) in [6.07, 6.45) is 11.5. The van der Waals surface area contributed by atoms with E-state index in [4.69, 9.17) is 6.42 Å². The molecule has 5 aromatic rings. The van der Waals surface area contributed by atoms with Crippen LogP contribution in [0.5, 0.6) is 0 Å². The van der Waals surface area contributed by atoms with E-state index in [1.807, 2.05) is 73.1 Å². The fourth-order valence-corrected chi connectivity index (χ4v) is 4.76. The number of nitrogens with one attached hydrogen (secondary N) is 2. The quantitative estimate of drug-likeness (QED) is 0.253. The smallest absolute Gasteiger partial charge is 0.255 e. The maximum Gasteiger partial charge on any atom is 0.255 e. The molecule has 0 aliphatic carbocycles. The number of carbonyl (C=O) groups is 1. The lowest BCUT2D eigenvalue weighted by Gasteiger charge is -2.10. The van der Waals surface area contributed by atoms with Gasteiger partial charge in [-0.2, -0.15) is 5.10 Å². The fourth-order valence-electron chi connectivity index (χ4n) is 3.80. The molecule has 0 atom stereocenters. The van der Waals surface area contributed by atoms with Gasteiger partial charge in [-0.1, -0.05) is 36.4 Å². The predicted molar refractivity (Wildman–Crippen MR) is 134 cm³/mol. The number of pyridine rings is 1. The molecule has 0 bridgehead atoms. The third-order valence-electron chi connectivity index (χ3n) is 5.44. The first-order valence-corrected chi connectivity index (χ1v) is 11.4. The van der Waals surface area contributed by atoms with Gasteiger partial charge in [0.05, 0.1) is 17.9 Å². The van der Waals surface area contributed by atoms with Crippen molar-refractivity contribution in [1.82, 2.24) is 15.2 Å². The molecule has 2 aromatic heterocycles. The Kier molecular flexibility index (Phi) is 5.79. The lowest BCUT2D eigenvalue weighted by Crippen LogP contribution is -2.12. The van der Waals surface area contributed by atoms with Gasteiger partial charge in [-0.05, 0) is 46.2 Å². The van der Waals surface area contributed by atoms with Gasteiger partial charge in [0.15, 0.2) is 0 Å². The van der Waals surface area contributed by atoms with E-state index in [-0.39, 0.29) is 5.91 Å². The zero-order valence-electron chi connectivity index (χ0n) is 17.7. The van der Waals surface area contributed by atoms with Crippen molar-refractivity contribution in [1.29, 1.82) is 0 Å². The van der Waals surface area contributed by atoms with Crippen molar-refractivity contribution in [3.05, 3.63) is 95.9 Å². The van der Waals surface area contributed by atoms with E-state index >= 15 is 0 Å². The van der Waals surface area contributed by atoms with Gasteiger partial charge in [0.25, 0.3) is 5.91 Å². The Morgan fingerprint density at radius 2 is 1.94 bits per heavy atom. The first-order chi connectivity index (χ1) is 16.2. The summed E-state index contributed by atoms with van der Waals surface area (Å²) >= 11 is 1.67. The SMILES string of the molecule is C#CCc1cccc2ccc(NC(=O)c3cccc(CSc4cncc5[nH]ncc45)c3)cc12. The zero-order chi connectivity index (χ0) is 22.6. The summed E-state index contributed by atoms with van der Waals surface area (Å²) in [6.45, 7) is 0. The first-order valence-electron chi connectivity index (χ1n) is 10.5. The largest absolute Gasteiger partial charge is 0.322 e. The number of terminal acetylenes is 1. The Hall–Kier alpha value is -4.08. The summed E-state index contributed by atoms with van der Waals surface area (Å²) in [6, 6.07) is 19.7. The van der Waals surface area contributed by atoms with Crippen LogP contribution in [0.15, 0.2) is 84.1 Å². The van der Waals surface area contributed by atoms with Crippen molar-refractivity contribution in [2.24, 2.45) is 0 Å². The Bertz CT molecular complexity index is 1520. The van der Waals surface area contributed by atoms with Crippen LogP contribution in [-0.2, 0) is 12.2 Å². The van der Waals surface area contributed by atoms with Gasteiger partial charge in [-0.3, -0.25) is 14.9 Å². The molecule has 6 heteroatoms. The Labute approximate surface area is 195 Å². The highest BCUT2D eigenvalue weighted by molar-refractivity contribution is 7.98. The molecule has 0 saturated heterocycles. The summed E-state index contributed by atoms with van der Waals surface area (Å²) in [5, 5.41) is 13.2. The van der Waals surface area contributed by atoms with E-state index in [1.165, 1.54) is 0 Å². The number of rotatable bonds is 6. The number of benzene rings is 3. The van der Waals surface area contributed by atoms with Gasteiger partial charge in [0, 0.05) is 39.9 Å². The third-order valence-corrected chi connectivity index (χ3v) is 6.55. The second-order valence-electron chi connectivity index (χ2n) is 7.65. The third kappa shape index (κ3) is 4.45. The van der Waals surface area contributed by atoms with E-state index in [0.29, 0.717) is 12.0 Å². The van der Waals surface area contributed by atoms with Gasteiger partial charge in [-0.15, -0.1) is 24.1 Å². The maximum atomic E-state index is 13.0. The van der Waals surface area contributed by atoms with E-state index in [2.05, 4.69) is 26.4 Å². The number of fused-ring (bicyclic) bond motifs is 2. The molecule has 160 valence electrons. The van der Waals surface area contributed by atoms with Crippen LogP contribution in [-0.4, -0.2) is 21.1 Å². The van der Waals surface area contributed by atoms with E-state index in [9.17, 15) is 4.79 Å². The van der Waals surface area contributed by atoms with Crippen molar-refractivity contribution in [3.63, 3.8) is 0 Å². The number of hydrogen-bond donors (Lipinski definition) is 2. The van der Waals surface area contributed by atoms with Crippen LogP contribution in [0.25, 0.3) is 21.7 Å². The molecule has 1 amide bonds. The van der Waals surface area contributed by atoms with Gasteiger partial charge in [0.2, 0.25) is 0 Å². The summed E-state index contributed by atoms with van der Waals surface area (Å²) in [4.78, 5) is 18.3. The van der Waals surface area contributed by atoms with E-state index in [0.717, 1.165) is 49.1 Å². The Balaban J connectivity index is 1.32. The highest BCUT2D eigenvalue weighted by Crippen LogP contribution is 2.29. The molecule has 2 N–H and O–H groups in total. The minimum absolute atomic E-state index is 0.144. The average molecular weight is 449 g/mol. The number of anilines is 1. The normalized spacial score (nSPS) is 10.9. The highest BCUT2D eigenvalue weighted by atomic mass is 32.2. The molecule has 33 heavy (non-hydrogen) atoms. The van der Waals surface area contributed by atoms with Crippen molar-refractivity contribution < 1.29 is 4.79 Å². The number of carbonyl (C=O) groups excluding carboxylic acids is 1. The Morgan fingerprint density at radius 1 is 1.03 bits per heavy atom. The maximum absolute atomic E-state index is 13.0. The van der Waals surface area contributed by atoms with Crippen molar-refractivity contribution in [3.8, 4) is 12.3 Å². The van der Waals surface area contributed by atoms with Crippen LogP contribution in [0.3, 0.4) is 0 Å². The highest BCUT2D eigenvalue weighted by Gasteiger charge is 2.10. The molecule has 0 spiro atoms. The van der Waals surface area contributed by atoms with Gasteiger partial charge in [0.1, 0.15) is 0 Å². The Morgan fingerprint density at radius 3 is 2.85 bits per heavy atom. The molecule has 5 rings (SSSR count). The second-order valence-corrected chi connectivity index (χ2v) is 8.66. The van der Waals surface area contributed by atoms with E-state index < -0.39 is 0 Å². The average Bonchev–Trinajstić information content (AvgIpc) is 3.33. The number of aromatic nitrogens is 3. The lowest BCUT2D eigenvalue weighted by atomic mass is 10.0. The minimum Gasteiger partial charge on any atom is -0.322 e. The van der Waals surface area contributed by atoms with Crippen LogP contribution in [0.2, 0.25) is 0 Å². The zero-order valence-corrected chi connectivity index (χ0v) is 18.5. The fraction of sp³-hybridized carbons (Fsp3) is 0.0741. The van der Waals surface area contributed by atoms with Crippen LogP contribution in [0, 0.1) is 12.3 Å². The lowest BCUT2D eigenvalue weighted by molar-refractivity contribution is 0.102. The molecular weight excluding hydrogens is 428 g/mol. The number of aromatic amines is 1. The summed E-state index contributed by atoms with van der Waals surface area (Å²) < 4.78 is 0. The van der Waals surface area contributed by atoms with Crippen LogP contribution < -0.4 is 5.32 Å². The number of nitrogens with zero attached hydrogens (tertiary/aromatic N) is 2. The molecule has 5 nitrogen and oxygen atoms in total. The minimum atomic E-state index is -0.144. The summed E-state index contributed by atoms with van der Waals surface area (Å²) in [7, 11) is 0. The molecule has 0 saturated carbocycles. The number of hydrogen-bond acceptors (Lipinski definition) is 4. The van der Waals surface area contributed by atoms with Gasteiger partial charge < -0.3 is 5.32 Å². The van der Waals surface area contributed by atoms with E-state index in [1.54, 1.807) is 18.0 Å². The number of amides is 1. The van der Waals surface area contributed by atoms with Crippen LogP contribution in [0.1, 0.15) is 21.5 Å². The number of thioether (sulfide) groups is 1. The molecule has 2 heterocycles. The first kappa shape index (κ1) is 20.8. The van der Waals surface area contributed by atoms with Crippen molar-refractivity contribution in [2.45, 2.75) is 17.1 Å². The molecular formula is C27H20N4OS. The van der Waals surface area contributed by atoms with Crippen molar-refractivity contribution in [2.75, 3.05) is 5.32 Å². The summed E-state index contributed by atoms with van der Waals surface area (Å²) in [5.41, 5.74) is 4.41.